The standard InChI is InChI=1S/C22H33N3O3.C20H31N3O/c1-17(2)14-25-20(28)24(15-19(26)27)16-21(25)10-12-22(13-11-21,23(3)4)18-8-6-5-7-9-18;1-16(2)14-23-18(24)21-15-19(23)10-12-20(13-11-19,22(3)4)17-8-6-5-7-9-17/h5-9,17H,10-16H2,1-4H3,(H,26,27);5-9,16H,10-15H2,1-4H3,(H,21,24). The molecule has 2 aromatic rings. The van der Waals surface area contributed by atoms with Gasteiger partial charge in [0.2, 0.25) is 0 Å². The van der Waals surface area contributed by atoms with Gasteiger partial charge >= 0.3 is 18.0 Å². The molecule has 0 atom stereocenters. The number of carboxylic acid groups (broad SMARTS) is 1. The Morgan fingerprint density at radius 1 is 0.692 bits per heavy atom. The van der Waals surface area contributed by atoms with Crippen LogP contribution in [-0.2, 0) is 15.9 Å². The van der Waals surface area contributed by atoms with Gasteiger partial charge in [0.25, 0.3) is 0 Å². The van der Waals surface area contributed by atoms with Crippen molar-refractivity contribution < 1.29 is 19.5 Å². The quantitative estimate of drug-likeness (QED) is 0.285. The number of amides is 4. The van der Waals surface area contributed by atoms with Gasteiger partial charge in [-0.25, -0.2) is 9.59 Å². The second-order valence-corrected chi connectivity index (χ2v) is 17.2. The lowest BCUT2D eigenvalue weighted by Crippen LogP contribution is -2.56. The van der Waals surface area contributed by atoms with Gasteiger partial charge in [-0.05, 0) is 103 Å². The molecule has 10 nitrogen and oxygen atoms in total. The van der Waals surface area contributed by atoms with Gasteiger partial charge in [-0.3, -0.25) is 14.6 Å². The SMILES string of the molecule is CC(C)CN1C(=O)N(CC(=O)O)CC12CCC(c1ccccc1)(N(C)C)CC2.CC(C)CN1C(=O)NCC12CCC(c1ccccc1)(N(C)C)CC2. The molecule has 2 heterocycles. The van der Waals surface area contributed by atoms with Crippen molar-refractivity contribution >= 4 is 18.0 Å². The van der Waals surface area contributed by atoms with Gasteiger partial charge in [-0.1, -0.05) is 88.4 Å². The van der Waals surface area contributed by atoms with Crippen molar-refractivity contribution in [3.63, 3.8) is 0 Å². The van der Waals surface area contributed by atoms with Crippen LogP contribution in [0, 0.1) is 11.8 Å². The molecule has 2 aliphatic carbocycles. The largest absolute Gasteiger partial charge is 0.480 e. The second-order valence-electron chi connectivity index (χ2n) is 17.2. The summed E-state index contributed by atoms with van der Waals surface area (Å²) < 4.78 is 0. The lowest BCUT2D eigenvalue weighted by Gasteiger charge is -2.51. The third-order valence-corrected chi connectivity index (χ3v) is 12.7. The Balaban J connectivity index is 0.000000203. The molecule has 10 heteroatoms. The molecule has 4 aliphatic rings. The molecule has 4 fully saturated rings. The number of benzene rings is 2. The molecule has 0 bridgehead atoms. The summed E-state index contributed by atoms with van der Waals surface area (Å²) in [5.41, 5.74) is 2.51. The maximum absolute atomic E-state index is 13.0. The molecule has 4 amide bonds. The fourth-order valence-electron chi connectivity index (χ4n) is 9.71. The van der Waals surface area contributed by atoms with Crippen LogP contribution in [-0.4, -0.2) is 120 Å². The van der Waals surface area contributed by atoms with E-state index in [4.69, 9.17) is 0 Å². The van der Waals surface area contributed by atoms with Gasteiger partial charge in [0.1, 0.15) is 6.54 Å². The minimum absolute atomic E-state index is 0.00957. The zero-order chi connectivity index (χ0) is 37.9. The van der Waals surface area contributed by atoms with Gasteiger partial charge < -0.3 is 25.1 Å². The molecular weight excluding hydrogens is 652 g/mol. The van der Waals surface area contributed by atoms with E-state index in [0.29, 0.717) is 24.9 Å². The molecule has 2 aliphatic heterocycles. The first-order chi connectivity index (χ1) is 24.6. The monoisotopic (exact) mass is 716 g/mol. The van der Waals surface area contributed by atoms with Crippen molar-refractivity contribution in [2.24, 2.45) is 11.8 Å². The summed E-state index contributed by atoms with van der Waals surface area (Å²) in [5.74, 6) is -0.0988. The highest BCUT2D eigenvalue weighted by Gasteiger charge is 2.55. The Kier molecular flexibility index (Phi) is 12.0. The molecule has 2 spiro atoms. The number of carboxylic acids is 1. The molecule has 2 aromatic carbocycles. The molecule has 2 saturated heterocycles. The summed E-state index contributed by atoms with van der Waals surface area (Å²) in [7, 11) is 8.64. The molecule has 0 unspecified atom stereocenters. The minimum Gasteiger partial charge on any atom is -0.480 e. The number of hydrogen-bond acceptors (Lipinski definition) is 5. The summed E-state index contributed by atoms with van der Waals surface area (Å²) >= 11 is 0. The van der Waals surface area contributed by atoms with Gasteiger partial charge in [0.05, 0.1) is 11.1 Å². The topological polar surface area (TPSA) is 99.7 Å². The van der Waals surface area contributed by atoms with Crippen molar-refractivity contribution in [2.75, 3.05) is 60.9 Å². The summed E-state index contributed by atoms with van der Waals surface area (Å²) in [6.45, 7) is 11.2. The number of aliphatic carboxylic acids is 1. The van der Waals surface area contributed by atoms with Crippen LogP contribution < -0.4 is 5.32 Å². The third kappa shape index (κ3) is 7.70. The Hall–Kier alpha value is -3.63. The normalized spacial score (nSPS) is 29.1. The van der Waals surface area contributed by atoms with Crippen molar-refractivity contribution in [2.45, 2.75) is 101 Å². The predicted molar refractivity (Wildman–Crippen MR) is 207 cm³/mol. The highest BCUT2D eigenvalue weighted by atomic mass is 16.4. The van der Waals surface area contributed by atoms with Crippen LogP contribution in [0.4, 0.5) is 9.59 Å². The molecule has 0 radical (unpaired) electrons. The van der Waals surface area contributed by atoms with Crippen LogP contribution in [0.25, 0.3) is 0 Å². The smallest absolute Gasteiger partial charge is 0.323 e. The van der Waals surface area contributed by atoms with Crippen LogP contribution in [0.5, 0.6) is 0 Å². The average Bonchev–Trinajstić information content (AvgIpc) is 3.53. The predicted octanol–water partition coefficient (Wildman–Crippen LogP) is 6.67. The molecule has 52 heavy (non-hydrogen) atoms. The molecular formula is C42H64N6O4. The first-order valence-corrected chi connectivity index (χ1v) is 19.4. The van der Waals surface area contributed by atoms with Crippen LogP contribution in [0.2, 0.25) is 0 Å². The first kappa shape index (κ1) is 39.6. The van der Waals surface area contributed by atoms with Crippen molar-refractivity contribution in [3.8, 4) is 0 Å². The van der Waals surface area contributed by atoms with E-state index < -0.39 is 5.97 Å². The van der Waals surface area contributed by atoms with Crippen LogP contribution in [0.1, 0.15) is 90.2 Å². The lowest BCUT2D eigenvalue weighted by molar-refractivity contribution is -0.137. The molecule has 2 saturated carbocycles. The van der Waals surface area contributed by atoms with Crippen molar-refractivity contribution in [3.05, 3.63) is 71.8 Å². The summed E-state index contributed by atoms with van der Waals surface area (Å²) in [6.07, 6.45) is 7.97. The van der Waals surface area contributed by atoms with E-state index in [2.05, 4.69) is 130 Å². The Morgan fingerprint density at radius 3 is 1.52 bits per heavy atom. The number of hydrogen-bond donors (Lipinski definition) is 2. The van der Waals surface area contributed by atoms with E-state index in [1.165, 1.54) is 16.0 Å². The van der Waals surface area contributed by atoms with Crippen LogP contribution in [0.3, 0.4) is 0 Å². The fourth-order valence-corrected chi connectivity index (χ4v) is 9.71. The van der Waals surface area contributed by atoms with Crippen molar-refractivity contribution in [1.29, 1.82) is 0 Å². The molecule has 2 N–H and O–H groups in total. The number of carbonyl (C=O) groups is 3. The van der Waals surface area contributed by atoms with E-state index in [9.17, 15) is 19.5 Å². The number of urea groups is 2. The number of nitrogens with zero attached hydrogens (tertiary/aromatic N) is 5. The minimum atomic E-state index is -0.947. The summed E-state index contributed by atoms with van der Waals surface area (Å²) in [6, 6.07) is 21.5. The van der Waals surface area contributed by atoms with E-state index in [-0.39, 0.29) is 40.8 Å². The van der Waals surface area contributed by atoms with E-state index >= 15 is 0 Å². The third-order valence-electron chi connectivity index (χ3n) is 12.7. The van der Waals surface area contributed by atoms with Crippen LogP contribution in [0.15, 0.2) is 60.7 Å². The molecule has 6 rings (SSSR count). The van der Waals surface area contributed by atoms with E-state index in [1.807, 2.05) is 11.0 Å². The highest BCUT2D eigenvalue weighted by Crippen LogP contribution is 2.50. The lowest BCUT2D eigenvalue weighted by atomic mass is 9.68. The Labute approximate surface area is 312 Å². The molecule has 0 aromatic heterocycles. The molecule has 286 valence electrons. The maximum Gasteiger partial charge on any atom is 0.323 e. The zero-order valence-corrected chi connectivity index (χ0v) is 33.0. The van der Waals surface area contributed by atoms with Gasteiger partial charge in [0.15, 0.2) is 0 Å². The van der Waals surface area contributed by atoms with Crippen LogP contribution >= 0.6 is 0 Å². The number of rotatable bonds is 10. The Morgan fingerprint density at radius 2 is 1.12 bits per heavy atom. The number of carbonyl (C=O) groups excluding carboxylic acids is 2. The first-order valence-electron chi connectivity index (χ1n) is 19.4. The van der Waals surface area contributed by atoms with Crippen molar-refractivity contribution in [1.82, 2.24) is 29.8 Å². The van der Waals surface area contributed by atoms with E-state index in [0.717, 1.165) is 64.5 Å². The average molecular weight is 717 g/mol. The second kappa shape index (κ2) is 15.8. The van der Waals surface area contributed by atoms with Gasteiger partial charge in [0, 0.05) is 37.3 Å². The Bertz CT molecular complexity index is 1510. The number of nitrogens with one attached hydrogen (secondary N) is 1. The maximum atomic E-state index is 13.0. The van der Waals surface area contributed by atoms with Gasteiger partial charge in [-0.2, -0.15) is 0 Å². The van der Waals surface area contributed by atoms with E-state index in [1.54, 1.807) is 0 Å². The fraction of sp³-hybridized carbons (Fsp3) is 0.643. The highest BCUT2D eigenvalue weighted by molar-refractivity contribution is 5.83. The summed E-state index contributed by atoms with van der Waals surface area (Å²) in [4.78, 5) is 46.9. The van der Waals surface area contributed by atoms with Gasteiger partial charge in [-0.15, -0.1) is 0 Å². The summed E-state index contributed by atoms with van der Waals surface area (Å²) in [5, 5.41) is 12.3. The zero-order valence-electron chi connectivity index (χ0n) is 33.0.